The number of rotatable bonds is 2. The molecule has 0 aliphatic heterocycles. The molecule has 4 aliphatic carbocycles. The first-order valence-corrected chi connectivity index (χ1v) is 11.1. The fraction of sp³-hybridized carbons (Fsp3) is 0.783. The zero-order valence-corrected chi connectivity index (χ0v) is 18.5. The van der Waals surface area contributed by atoms with Crippen LogP contribution in [0.2, 0.25) is 0 Å². The highest BCUT2D eigenvalue weighted by Crippen LogP contribution is 2.68. The van der Waals surface area contributed by atoms with Gasteiger partial charge in [0.15, 0.2) is 11.4 Å². The van der Waals surface area contributed by atoms with Crippen molar-refractivity contribution < 1.29 is 42.1 Å². The van der Waals surface area contributed by atoms with Crippen LogP contribution in [0.4, 0.5) is 13.2 Å². The van der Waals surface area contributed by atoms with Gasteiger partial charge in [0.2, 0.25) is 0 Å². The molecule has 0 aromatic carbocycles. The maximum Gasteiger partial charge on any atom is 0.490 e. The smallest absolute Gasteiger partial charge is 0.467 e. The predicted octanol–water partition coefficient (Wildman–Crippen LogP) is 3.51. The average Bonchev–Trinajstić information content (AvgIpc) is 2.98. The number of methoxy groups -OCH3 is 1. The second-order valence-corrected chi connectivity index (χ2v) is 10.3. The molecular formula is C23H29F3O6. The summed E-state index contributed by atoms with van der Waals surface area (Å²) in [5.41, 5.74) is -2.65. The Morgan fingerprint density at radius 2 is 1.84 bits per heavy atom. The monoisotopic (exact) mass is 458 g/mol. The number of fused-ring (bicyclic) bond motifs is 5. The molecule has 0 bridgehead atoms. The Bertz CT molecular complexity index is 881. The summed E-state index contributed by atoms with van der Waals surface area (Å²) in [6.45, 7) is 3.64. The van der Waals surface area contributed by atoms with Crippen molar-refractivity contribution in [3.05, 3.63) is 11.6 Å². The van der Waals surface area contributed by atoms with E-state index in [0.717, 1.165) is 5.57 Å². The molecular weight excluding hydrogens is 429 g/mol. The molecule has 0 saturated heterocycles. The van der Waals surface area contributed by atoms with E-state index in [4.69, 9.17) is 9.47 Å². The third-order valence-corrected chi connectivity index (χ3v) is 9.04. The molecule has 0 amide bonds. The normalized spacial score (nSPS) is 43.5. The first kappa shape index (κ1) is 23.3. The van der Waals surface area contributed by atoms with E-state index in [2.05, 4.69) is 0 Å². The van der Waals surface area contributed by atoms with Crippen molar-refractivity contribution in [3.8, 4) is 0 Å². The Labute approximate surface area is 184 Å². The van der Waals surface area contributed by atoms with Crippen molar-refractivity contribution in [1.82, 2.24) is 0 Å². The van der Waals surface area contributed by atoms with Crippen LogP contribution >= 0.6 is 0 Å². The number of aliphatic hydroxyl groups is 1. The molecule has 0 aromatic rings. The molecule has 0 radical (unpaired) electrons. The first-order chi connectivity index (χ1) is 14.8. The van der Waals surface area contributed by atoms with Gasteiger partial charge in [0.05, 0.1) is 7.11 Å². The molecule has 7 atom stereocenters. The van der Waals surface area contributed by atoms with Gasteiger partial charge in [0.1, 0.15) is 6.10 Å². The van der Waals surface area contributed by atoms with Crippen molar-refractivity contribution in [1.29, 1.82) is 0 Å². The van der Waals surface area contributed by atoms with Crippen LogP contribution < -0.4 is 0 Å². The minimum atomic E-state index is -5.15. The third kappa shape index (κ3) is 3.14. The van der Waals surface area contributed by atoms with Crippen molar-refractivity contribution in [3.63, 3.8) is 0 Å². The fourth-order valence-corrected chi connectivity index (χ4v) is 7.48. The van der Waals surface area contributed by atoms with Gasteiger partial charge in [-0.05, 0) is 61.9 Å². The van der Waals surface area contributed by atoms with Crippen molar-refractivity contribution in [2.24, 2.45) is 28.6 Å². The first-order valence-electron chi connectivity index (χ1n) is 11.1. The molecule has 0 aromatic heterocycles. The van der Waals surface area contributed by atoms with Gasteiger partial charge in [0, 0.05) is 17.8 Å². The van der Waals surface area contributed by atoms with Crippen LogP contribution in [-0.2, 0) is 23.9 Å². The molecule has 32 heavy (non-hydrogen) atoms. The summed E-state index contributed by atoms with van der Waals surface area (Å²) < 4.78 is 49.4. The van der Waals surface area contributed by atoms with Crippen molar-refractivity contribution in [2.75, 3.05) is 7.11 Å². The zero-order valence-electron chi connectivity index (χ0n) is 18.5. The predicted molar refractivity (Wildman–Crippen MR) is 105 cm³/mol. The van der Waals surface area contributed by atoms with Crippen LogP contribution in [0.5, 0.6) is 0 Å². The second-order valence-electron chi connectivity index (χ2n) is 10.3. The maximum atomic E-state index is 13.2. The molecule has 1 N–H and O–H groups in total. The van der Waals surface area contributed by atoms with Gasteiger partial charge in [-0.1, -0.05) is 19.4 Å². The quantitative estimate of drug-likeness (QED) is 0.637. The number of halogens is 3. The molecule has 0 spiro atoms. The number of esters is 2. The van der Waals surface area contributed by atoms with Crippen LogP contribution in [0.15, 0.2) is 11.6 Å². The number of hydrogen-bond acceptors (Lipinski definition) is 6. The number of carbonyl (C=O) groups excluding carboxylic acids is 3. The minimum absolute atomic E-state index is 0.00124. The molecule has 4 aliphatic rings. The van der Waals surface area contributed by atoms with E-state index in [9.17, 15) is 32.7 Å². The molecule has 4 rings (SSSR count). The van der Waals surface area contributed by atoms with Crippen LogP contribution in [0.25, 0.3) is 0 Å². The summed E-state index contributed by atoms with van der Waals surface area (Å²) >= 11 is 0. The topological polar surface area (TPSA) is 89.9 Å². The van der Waals surface area contributed by atoms with E-state index >= 15 is 0 Å². The number of ketones is 1. The molecule has 9 heteroatoms. The SMILES string of the molecule is COC(=O)C1(O)CC[C@H]2[C@@H]3CCC4=CC(=O)CC[C@]4(C)[C@@H]3C(OC(=O)C(F)(F)F)C[C@@]21C. The lowest BCUT2D eigenvalue weighted by atomic mass is 9.45. The van der Waals surface area contributed by atoms with E-state index in [1.807, 2.05) is 6.92 Å². The highest BCUT2D eigenvalue weighted by atomic mass is 19.4. The van der Waals surface area contributed by atoms with Gasteiger partial charge in [-0.2, -0.15) is 13.2 Å². The lowest BCUT2D eigenvalue weighted by molar-refractivity contribution is -0.229. The van der Waals surface area contributed by atoms with Crippen LogP contribution in [0.1, 0.15) is 58.8 Å². The molecule has 2 unspecified atom stereocenters. The summed E-state index contributed by atoms with van der Waals surface area (Å²) in [5.74, 6) is -3.81. The van der Waals surface area contributed by atoms with E-state index in [1.54, 1.807) is 13.0 Å². The zero-order chi connectivity index (χ0) is 23.7. The van der Waals surface area contributed by atoms with Gasteiger partial charge in [-0.15, -0.1) is 0 Å². The molecule has 6 nitrogen and oxygen atoms in total. The molecule has 3 fully saturated rings. The van der Waals surface area contributed by atoms with Crippen LogP contribution in [0.3, 0.4) is 0 Å². The summed E-state index contributed by atoms with van der Waals surface area (Å²) in [7, 11) is 1.17. The van der Waals surface area contributed by atoms with Gasteiger partial charge in [0.25, 0.3) is 0 Å². The Morgan fingerprint density at radius 3 is 2.47 bits per heavy atom. The largest absolute Gasteiger partial charge is 0.490 e. The highest BCUT2D eigenvalue weighted by molar-refractivity contribution is 5.91. The Balaban J connectivity index is 1.80. The summed E-state index contributed by atoms with van der Waals surface area (Å²) in [5, 5.41) is 11.4. The maximum absolute atomic E-state index is 13.2. The second kappa shape index (κ2) is 7.30. The van der Waals surface area contributed by atoms with E-state index < -0.39 is 46.6 Å². The Hall–Kier alpha value is -1.90. The number of carbonyl (C=O) groups is 3. The van der Waals surface area contributed by atoms with E-state index in [0.29, 0.717) is 25.7 Å². The highest BCUT2D eigenvalue weighted by Gasteiger charge is 2.70. The van der Waals surface area contributed by atoms with Gasteiger partial charge in [-0.25, -0.2) is 9.59 Å². The minimum Gasteiger partial charge on any atom is -0.467 e. The number of ether oxygens (including phenoxy) is 2. The summed E-state index contributed by atoms with van der Waals surface area (Å²) in [6.07, 6.45) is -2.13. The third-order valence-electron chi connectivity index (χ3n) is 9.04. The fourth-order valence-electron chi connectivity index (χ4n) is 7.48. The summed E-state index contributed by atoms with van der Waals surface area (Å²) in [4.78, 5) is 36.5. The average molecular weight is 458 g/mol. The van der Waals surface area contributed by atoms with Crippen molar-refractivity contribution in [2.45, 2.75) is 76.7 Å². The van der Waals surface area contributed by atoms with Gasteiger partial charge in [-0.3, -0.25) is 4.79 Å². The lowest BCUT2D eigenvalue weighted by Crippen LogP contribution is -2.62. The van der Waals surface area contributed by atoms with E-state index in [-0.39, 0.29) is 36.9 Å². The van der Waals surface area contributed by atoms with E-state index in [1.165, 1.54) is 7.11 Å². The van der Waals surface area contributed by atoms with Crippen LogP contribution in [-0.4, -0.2) is 47.8 Å². The lowest BCUT2D eigenvalue weighted by Gasteiger charge is -2.60. The van der Waals surface area contributed by atoms with Gasteiger partial charge < -0.3 is 14.6 Å². The Kier molecular flexibility index (Phi) is 5.31. The Morgan fingerprint density at radius 1 is 1.16 bits per heavy atom. The van der Waals surface area contributed by atoms with Crippen molar-refractivity contribution >= 4 is 17.7 Å². The number of allylic oxidation sites excluding steroid dienone is 1. The molecule has 0 heterocycles. The molecule has 3 saturated carbocycles. The summed E-state index contributed by atoms with van der Waals surface area (Å²) in [6, 6.07) is 0. The van der Waals surface area contributed by atoms with Crippen LogP contribution in [0, 0.1) is 28.6 Å². The number of alkyl halides is 3. The number of hydrogen-bond donors (Lipinski definition) is 1. The standard InChI is InChI=1S/C23H29F3O6/c1-20-8-6-13(27)10-12(20)4-5-14-15-7-9-22(30,18(28)31-3)21(15,2)11-16(17(14)20)32-19(29)23(24,25)26/h10,14-17,30H,4-9,11H2,1-3H3/t14-,15-,16?,17-,20-,21-,22?/m0/s1. The molecule has 178 valence electrons. The van der Waals surface area contributed by atoms with Gasteiger partial charge >= 0.3 is 18.1 Å².